The number of hydrogen-bond donors (Lipinski definition) is 0. The summed E-state index contributed by atoms with van der Waals surface area (Å²) in [6.45, 7) is 4.66. The normalized spacial score (nSPS) is 13.4. The molecule has 0 N–H and O–H groups in total. The fraction of sp³-hybridized carbons (Fsp3) is 0.571. The predicted molar refractivity (Wildman–Crippen MR) is 38.6 cm³/mol. The standard InChI is InChI=1S/C7H12N2O/c1-3-10-7(2)9-6-4-5-8-9/h4-7H,3H2,1-2H3. The minimum Gasteiger partial charge on any atom is -0.357 e. The maximum absolute atomic E-state index is 5.29. The van der Waals surface area contributed by atoms with E-state index in [1.54, 1.807) is 10.9 Å². The first-order valence-electron chi connectivity index (χ1n) is 3.45. The third-order valence-corrected chi connectivity index (χ3v) is 1.31. The van der Waals surface area contributed by atoms with Crippen LogP contribution in [0.2, 0.25) is 0 Å². The Labute approximate surface area is 60.6 Å². The summed E-state index contributed by atoms with van der Waals surface area (Å²) in [5, 5.41) is 4.03. The zero-order valence-electron chi connectivity index (χ0n) is 6.32. The van der Waals surface area contributed by atoms with Crippen LogP contribution >= 0.6 is 0 Å². The third kappa shape index (κ3) is 1.57. The average Bonchev–Trinajstić information content (AvgIpc) is 2.38. The molecule has 0 saturated carbocycles. The molecule has 10 heavy (non-hydrogen) atoms. The van der Waals surface area contributed by atoms with Gasteiger partial charge in [-0.3, -0.25) is 0 Å². The molecule has 1 aromatic heterocycles. The Morgan fingerprint density at radius 1 is 1.70 bits per heavy atom. The molecule has 0 aromatic carbocycles. The van der Waals surface area contributed by atoms with E-state index >= 15 is 0 Å². The number of aromatic nitrogens is 2. The van der Waals surface area contributed by atoms with E-state index in [-0.39, 0.29) is 6.23 Å². The van der Waals surface area contributed by atoms with E-state index in [0.29, 0.717) is 0 Å². The van der Waals surface area contributed by atoms with Gasteiger partial charge in [0.05, 0.1) is 0 Å². The minimum absolute atomic E-state index is 0.0556. The van der Waals surface area contributed by atoms with Crippen molar-refractivity contribution < 1.29 is 4.74 Å². The van der Waals surface area contributed by atoms with Gasteiger partial charge in [0, 0.05) is 19.0 Å². The number of hydrogen-bond acceptors (Lipinski definition) is 2. The first-order chi connectivity index (χ1) is 4.84. The van der Waals surface area contributed by atoms with Gasteiger partial charge in [0.15, 0.2) is 0 Å². The monoisotopic (exact) mass is 140 g/mol. The van der Waals surface area contributed by atoms with Gasteiger partial charge in [-0.25, -0.2) is 4.68 Å². The van der Waals surface area contributed by atoms with Gasteiger partial charge in [0.1, 0.15) is 6.23 Å². The Balaban J connectivity index is 2.50. The van der Waals surface area contributed by atoms with E-state index in [2.05, 4.69) is 5.10 Å². The fourth-order valence-corrected chi connectivity index (χ4v) is 0.813. The van der Waals surface area contributed by atoms with Gasteiger partial charge in [-0.2, -0.15) is 5.10 Å². The molecule has 0 fully saturated rings. The van der Waals surface area contributed by atoms with Gasteiger partial charge in [-0.1, -0.05) is 0 Å². The largest absolute Gasteiger partial charge is 0.357 e. The Hall–Kier alpha value is -0.830. The summed E-state index contributed by atoms with van der Waals surface area (Å²) in [6, 6.07) is 1.88. The highest BCUT2D eigenvalue weighted by Gasteiger charge is 2.00. The number of rotatable bonds is 3. The Morgan fingerprint density at radius 2 is 2.50 bits per heavy atom. The van der Waals surface area contributed by atoms with Gasteiger partial charge in [0.2, 0.25) is 0 Å². The van der Waals surface area contributed by atoms with Crippen molar-refractivity contribution in [3.63, 3.8) is 0 Å². The van der Waals surface area contributed by atoms with E-state index < -0.39 is 0 Å². The van der Waals surface area contributed by atoms with E-state index in [0.717, 1.165) is 6.61 Å². The van der Waals surface area contributed by atoms with Crippen LogP contribution in [-0.4, -0.2) is 16.4 Å². The molecule has 0 saturated heterocycles. The van der Waals surface area contributed by atoms with Crippen molar-refractivity contribution in [3.05, 3.63) is 18.5 Å². The molecule has 56 valence electrons. The zero-order chi connectivity index (χ0) is 7.40. The van der Waals surface area contributed by atoms with Crippen LogP contribution < -0.4 is 0 Å². The lowest BCUT2D eigenvalue weighted by atomic mass is 10.6. The van der Waals surface area contributed by atoms with Crippen molar-refractivity contribution >= 4 is 0 Å². The maximum Gasteiger partial charge on any atom is 0.147 e. The van der Waals surface area contributed by atoms with Crippen molar-refractivity contribution in [1.82, 2.24) is 9.78 Å². The molecule has 0 aliphatic carbocycles. The van der Waals surface area contributed by atoms with Crippen LogP contribution in [0.15, 0.2) is 18.5 Å². The fourth-order valence-electron chi connectivity index (χ4n) is 0.813. The molecule has 1 aromatic rings. The summed E-state index contributed by atoms with van der Waals surface area (Å²) in [6.07, 6.45) is 3.69. The van der Waals surface area contributed by atoms with E-state index in [9.17, 15) is 0 Å². The van der Waals surface area contributed by atoms with Crippen LogP contribution in [0.4, 0.5) is 0 Å². The SMILES string of the molecule is CCOC(C)n1cccn1. The number of nitrogens with zero attached hydrogens (tertiary/aromatic N) is 2. The molecule has 0 bridgehead atoms. The molecule has 1 rings (SSSR count). The molecular weight excluding hydrogens is 128 g/mol. The second kappa shape index (κ2) is 3.37. The minimum atomic E-state index is 0.0556. The topological polar surface area (TPSA) is 27.1 Å². The van der Waals surface area contributed by atoms with Gasteiger partial charge in [0.25, 0.3) is 0 Å². The van der Waals surface area contributed by atoms with Crippen molar-refractivity contribution in [2.75, 3.05) is 6.61 Å². The van der Waals surface area contributed by atoms with Crippen LogP contribution in [0.25, 0.3) is 0 Å². The molecule has 3 nitrogen and oxygen atoms in total. The molecule has 0 aliphatic rings. The van der Waals surface area contributed by atoms with E-state index in [1.165, 1.54) is 0 Å². The molecule has 0 radical (unpaired) electrons. The van der Waals surface area contributed by atoms with Crippen LogP contribution in [0.5, 0.6) is 0 Å². The zero-order valence-corrected chi connectivity index (χ0v) is 6.32. The summed E-state index contributed by atoms with van der Waals surface area (Å²) in [5.74, 6) is 0. The van der Waals surface area contributed by atoms with Gasteiger partial charge in [-0.15, -0.1) is 0 Å². The molecule has 1 unspecified atom stereocenters. The highest BCUT2D eigenvalue weighted by Crippen LogP contribution is 2.03. The van der Waals surface area contributed by atoms with Crippen LogP contribution in [0.1, 0.15) is 20.1 Å². The summed E-state index contributed by atoms with van der Waals surface area (Å²) < 4.78 is 7.07. The van der Waals surface area contributed by atoms with Crippen LogP contribution in [0.3, 0.4) is 0 Å². The summed E-state index contributed by atoms with van der Waals surface area (Å²) >= 11 is 0. The van der Waals surface area contributed by atoms with Crippen molar-refractivity contribution in [3.8, 4) is 0 Å². The van der Waals surface area contributed by atoms with Crippen molar-refractivity contribution in [1.29, 1.82) is 0 Å². The quantitative estimate of drug-likeness (QED) is 0.635. The Bertz CT molecular complexity index is 172. The van der Waals surface area contributed by atoms with E-state index in [1.807, 2.05) is 26.1 Å². The lowest BCUT2D eigenvalue weighted by Gasteiger charge is -2.10. The molecule has 0 aliphatic heterocycles. The molecule has 0 spiro atoms. The van der Waals surface area contributed by atoms with Crippen molar-refractivity contribution in [2.45, 2.75) is 20.1 Å². The molecule has 0 amide bonds. The highest BCUT2D eigenvalue weighted by atomic mass is 16.5. The third-order valence-electron chi connectivity index (χ3n) is 1.31. The van der Waals surface area contributed by atoms with E-state index in [4.69, 9.17) is 4.74 Å². The summed E-state index contributed by atoms with van der Waals surface area (Å²) in [7, 11) is 0. The predicted octanol–water partition coefficient (Wildman–Crippen LogP) is 1.44. The van der Waals surface area contributed by atoms with Gasteiger partial charge in [-0.05, 0) is 19.9 Å². The summed E-state index contributed by atoms with van der Waals surface area (Å²) in [5.41, 5.74) is 0. The van der Waals surface area contributed by atoms with Crippen molar-refractivity contribution in [2.24, 2.45) is 0 Å². The first kappa shape index (κ1) is 7.28. The molecule has 3 heteroatoms. The maximum atomic E-state index is 5.29. The smallest absolute Gasteiger partial charge is 0.147 e. The molecular formula is C7H12N2O. The second-order valence-electron chi connectivity index (χ2n) is 2.04. The van der Waals surface area contributed by atoms with Crippen LogP contribution in [0, 0.1) is 0 Å². The lowest BCUT2D eigenvalue weighted by molar-refractivity contribution is 0.0159. The molecule has 1 heterocycles. The molecule has 1 atom stereocenters. The van der Waals surface area contributed by atoms with Gasteiger partial charge >= 0.3 is 0 Å². The van der Waals surface area contributed by atoms with Gasteiger partial charge < -0.3 is 4.74 Å². The van der Waals surface area contributed by atoms with Crippen LogP contribution in [-0.2, 0) is 4.74 Å². The Kier molecular flexibility index (Phi) is 2.45. The average molecular weight is 140 g/mol. The summed E-state index contributed by atoms with van der Waals surface area (Å²) in [4.78, 5) is 0. The lowest BCUT2D eigenvalue weighted by Crippen LogP contribution is -2.09. The first-order valence-corrected chi connectivity index (χ1v) is 3.45. The highest BCUT2D eigenvalue weighted by molar-refractivity contribution is 4.78. The number of ether oxygens (including phenoxy) is 1. The second-order valence-corrected chi connectivity index (χ2v) is 2.04. The Morgan fingerprint density at radius 3 is 3.00 bits per heavy atom.